The van der Waals surface area contributed by atoms with Gasteiger partial charge in [0.25, 0.3) is 5.91 Å². The number of hydrogen-bond donors (Lipinski definition) is 1. The van der Waals surface area contributed by atoms with E-state index in [1.54, 1.807) is 4.52 Å². The third-order valence-electron chi connectivity index (χ3n) is 3.88. The van der Waals surface area contributed by atoms with E-state index in [4.69, 9.17) is 0 Å². The molecular formula is C19H16N4O. The van der Waals surface area contributed by atoms with Gasteiger partial charge in [0, 0.05) is 29.8 Å². The van der Waals surface area contributed by atoms with Crippen LogP contribution < -0.4 is 5.32 Å². The number of aromatic nitrogens is 3. The molecule has 0 aliphatic rings. The van der Waals surface area contributed by atoms with E-state index in [0.29, 0.717) is 12.1 Å². The van der Waals surface area contributed by atoms with Gasteiger partial charge in [0.1, 0.15) is 0 Å². The zero-order valence-electron chi connectivity index (χ0n) is 13.0. The number of nitrogens with zero attached hydrogens (tertiary/aromatic N) is 3. The second-order valence-corrected chi connectivity index (χ2v) is 5.53. The standard InChI is InChI=1S/C19H16N4O/c24-19(15-6-8-17(9-7-15)22-10-3-4-11-22)20-14-16-13-18-5-1-2-12-23(18)21-16/h1-13H,14H2,(H,20,24). The molecule has 0 unspecified atom stereocenters. The molecule has 5 nitrogen and oxygen atoms in total. The molecule has 0 radical (unpaired) electrons. The summed E-state index contributed by atoms with van der Waals surface area (Å²) in [4.78, 5) is 12.3. The fourth-order valence-electron chi connectivity index (χ4n) is 2.64. The summed E-state index contributed by atoms with van der Waals surface area (Å²) >= 11 is 0. The quantitative estimate of drug-likeness (QED) is 0.629. The van der Waals surface area contributed by atoms with Gasteiger partial charge in [-0.25, -0.2) is 4.52 Å². The summed E-state index contributed by atoms with van der Waals surface area (Å²) in [5, 5.41) is 7.33. The first-order chi connectivity index (χ1) is 11.8. The van der Waals surface area contributed by atoms with E-state index in [9.17, 15) is 4.79 Å². The van der Waals surface area contributed by atoms with Crippen molar-refractivity contribution in [3.05, 3.63) is 90.5 Å². The Morgan fingerprint density at radius 3 is 2.46 bits per heavy atom. The van der Waals surface area contributed by atoms with Crippen LogP contribution in [-0.4, -0.2) is 20.1 Å². The number of pyridine rings is 1. The molecule has 118 valence electrons. The number of fused-ring (bicyclic) bond motifs is 1. The molecule has 1 amide bonds. The molecule has 0 aliphatic carbocycles. The van der Waals surface area contributed by atoms with Crippen molar-refractivity contribution in [2.75, 3.05) is 0 Å². The van der Waals surface area contributed by atoms with Crippen LogP contribution in [0.3, 0.4) is 0 Å². The number of nitrogens with one attached hydrogen (secondary N) is 1. The number of rotatable bonds is 4. The molecule has 5 heteroatoms. The molecule has 3 aromatic heterocycles. The van der Waals surface area contributed by atoms with Crippen molar-refractivity contribution in [2.45, 2.75) is 6.54 Å². The van der Waals surface area contributed by atoms with Gasteiger partial charge in [0.2, 0.25) is 0 Å². The Morgan fingerprint density at radius 1 is 0.958 bits per heavy atom. The Morgan fingerprint density at radius 2 is 1.71 bits per heavy atom. The Bertz CT molecular complexity index is 935. The lowest BCUT2D eigenvalue weighted by atomic mass is 10.2. The SMILES string of the molecule is O=C(NCc1cc2ccccn2n1)c1ccc(-n2cccc2)cc1. The fraction of sp³-hybridized carbons (Fsp3) is 0.0526. The molecule has 0 fully saturated rings. The minimum Gasteiger partial charge on any atom is -0.346 e. The molecule has 1 aromatic carbocycles. The van der Waals surface area contributed by atoms with Crippen molar-refractivity contribution in [3.8, 4) is 5.69 Å². The predicted octanol–water partition coefficient (Wildman–Crippen LogP) is 3.06. The average molecular weight is 316 g/mol. The summed E-state index contributed by atoms with van der Waals surface area (Å²) in [7, 11) is 0. The summed E-state index contributed by atoms with van der Waals surface area (Å²) < 4.78 is 3.80. The molecule has 24 heavy (non-hydrogen) atoms. The van der Waals surface area contributed by atoms with Crippen LogP contribution in [-0.2, 0) is 6.54 Å². The lowest BCUT2D eigenvalue weighted by Crippen LogP contribution is -2.23. The molecule has 0 saturated heterocycles. The lowest BCUT2D eigenvalue weighted by molar-refractivity contribution is 0.0950. The maximum absolute atomic E-state index is 12.3. The zero-order chi connectivity index (χ0) is 16.4. The van der Waals surface area contributed by atoms with Gasteiger partial charge in [-0.1, -0.05) is 6.07 Å². The van der Waals surface area contributed by atoms with Crippen molar-refractivity contribution in [1.29, 1.82) is 0 Å². The van der Waals surface area contributed by atoms with Crippen LogP contribution in [0.15, 0.2) is 79.3 Å². The summed E-state index contributed by atoms with van der Waals surface area (Å²) in [5.74, 6) is -0.105. The van der Waals surface area contributed by atoms with Crippen LogP contribution in [0.1, 0.15) is 16.1 Å². The van der Waals surface area contributed by atoms with Gasteiger partial charge in [0.05, 0.1) is 17.8 Å². The molecule has 0 bridgehead atoms. The molecule has 0 aliphatic heterocycles. The summed E-state index contributed by atoms with van der Waals surface area (Å²) in [6, 6.07) is 19.3. The fourth-order valence-corrected chi connectivity index (χ4v) is 2.64. The van der Waals surface area contributed by atoms with E-state index in [-0.39, 0.29) is 5.91 Å². The first-order valence-electron chi connectivity index (χ1n) is 7.74. The normalized spacial score (nSPS) is 10.8. The van der Waals surface area contributed by atoms with E-state index in [2.05, 4.69) is 10.4 Å². The second kappa shape index (κ2) is 6.04. The highest BCUT2D eigenvalue weighted by Crippen LogP contribution is 2.10. The van der Waals surface area contributed by atoms with Gasteiger partial charge in [0.15, 0.2) is 0 Å². The van der Waals surface area contributed by atoms with Crippen LogP contribution >= 0.6 is 0 Å². The van der Waals surface area contributed by atoms with Crippen molar-refractivity contribution in [2.24, 2.45) is 0 Å². The number of amides is 1. The topological polar surface area (TPSA) is 51.3 Å². The van der Waals surface area contributed by atoms with Crippen molar-refractivity contribution < 1.29 is 4.79 Å². The smallest absolute Gasteiger partial charge is 0.251 e. The zero-order valence-corrected chi connectivity index (χ0v) is 13.0. The lowest BCUT2D eigenvalue weighted by Gasteiger charge is -2.06. The Labute approximate surface area is 139 Å². The first-order valence-corrected chi connectivity index (χ1v) is 7.74. The summed E-state index contributed by atoms with van der Waals surface area (Å²) in [6.45, 7) is 0.403. The van der Waals surface area contributed by atoms with Crippen molar-refractivity contribution in [1.82, 2.24) is 19.5 Å². The largest absolute Gasteiger partial charge is 0.346 e. The maximum atomic E-state index is 12.3. The van der Waals surface area contributed by atoms with Crippen LogP contribution in [0.25, 0.3) is 11.2 Å². The van der Waals surface area contributed by atoms with Gasteiger partial charge in [-0.3, -0.25) is 4.79 Å². The molecule has 4 aromatic rings. The first kappa shape index (κ1) is 14.3. The molecule has 4 rings (SSSR count). The van der Waals surface area contributed by atoms with E-state index in [1.165, 1.54) is 0 Å². The van der Waals surface area contributed by atoms with Gasteiger partial charge in [-0.15, -0.1) is 0 Å². The third kappa shape index (κ3) is 2.79. The second-order valence-electron chi connectivity index (χ2n) is 5.53. The molecule has 0 atom stereocenters. The van der Waals surface area contributed by atoms with Gasteiger partial charge >= 0.3 is 0 Å². The van der Waals surface area contributed by atoms with E-state index < -0.39 is 0 Å². The highest BCUT2D eigenvalue weighted by atomic mass is 16.1. The van der Waals surface area contributed by atoms with Crippen LogP contribution in [0.5, 0.6) is 0 Å². The Hall–Kier alpha value is -3.34. The van der Waals surface area contributed by atoms with Gasteiger partial charge < -0.3 is 9.88 Å². The highest BCUT2D eigenvalue weighted by molar-refractivity contribution is 5.94. The van der Waals surface area contributed by atoms with Crippen molar-refractivity contribution in [3.63, 3.8) is 0 Å². The minimum atomic E-state index is -0.105. The molecule has 3 heterocycles. The molecular weight excluding hydrogens is 300 g/mol. The summed E-state index contributed by atoms with van der Waals surface area (Å²) in [5.41, 5.74) is 3.50. The molecule has 1 N–H and O–H groups in total. The van der Waals surface area contributed by atoms with E-state index in [1.807, 2.05) is 83.8 Å². The Balaban J connectivity index is 1.44. The average Bonchev–Trinajstić information content (AvgIpc) is 3.29. The number of benzene rings is 1. The minimum absolute atomic E-state index is 0.105. The van der Waals surface area contributed by atoms with Gasteiger partial charge in [-0.2, -0.15) is 5.10 Å². The third-order valence-corrected chi connectivity index (χ3v) is 3.88. The number of carbonyl (C=O) groups is 1. The number of carbonyl (C=O) groups excluding carboxylic acids is 1. The monoisotopic (exact) mass is 316 g/mol. The van der Waals surface area contributed by atoms with Gasteiger partial charge in [-0.05, 0) is 54.6 Å². The predicted molar refractivity (Wildman–Crippen MR) is 92.1 cm³/mol. The molecule has 0 saturated carbocycles. The van der Waals surface area contributed by atoms with Crippen molar-refractivity contribution >= 4 is 11.4 Å². The number of hydrogen-bond acceptors (Lipinski definition) is 2. The van der Waals surface area contributed by atoms with E-state index >= 15 is 0 Å². The maximum Gasteiger partial charge on any atom is 0.251 e. The molecule has 0 spiro atoms. The highest BCUT2D eigenvalue weighted by Gasteiger charge is 2.07. The van der Waals surface area contributed by atoms with Crippen LogP contribution in [0.4, 0.5) is 0 Å². The van der Waals surface area contributed by atoms with E-state index in [0.717, 1.165) is 16.9 Å². The Kier molecular flexibility index (Phi) is 3.59. The van der Waals surface area contributed by atoms with Crippen LogP contribution in [0.2, 0.25) is 0 Å². The summed E-state index contributed by atoms with van der Waals surface area (Å²) in [6.07, 6.45) is 5.83. The van der Waals surface area contributed by atoms with Crippen LogP contribution in [0, 0.1) is 0 Å².